The highest BCUT2D eigenvalue weighted by Gasteiger charge is 2.29. The number of ether oxygens (including phenoxy) is 1. The molecule has 6 heteroatoms. The molecule has 0 spiro atoms. The molecule has 0 aromatic heterocycles. The maximum absolute atomic E-state index is 12.0. The summed E-state index contributed by atoms with van der Waals surface area (Å²) in [5, 5.41) is 12.0. The quantitative estimate of drug-likeness (QED) is 0.467. The monoisotopic (exact) mass is 341 g/mol. The highest BCUT2D eigenvalue weighted by molar-refractivity contribution is 5.98. The zero-order valence-electron chi connectivity index (χ0n) is 14.8. The summed E-state index contributed by atoms with van der Waals surface area (Å²) in [6, 6.07) is 9.31. The van der Waals surface area contributed by atoms with E-state index >= 15 is 0 Å². The van der Waals surface area contributed by atoms with Gasteiger partial charge in [0.05, 0.1) is 0 Å². The second-order valence-corrected chi connectivity index (χ2v) is 6.43. The van der Waals surface area contributed by atoms with Crippen molar-refractivity contribution in [2.75, 3.05) is 25.6 Å². The van der Waals surface area contributed by atoms with Gasteiger partial charge in [-0.05, 0) is 49.5 Å². The first kappa shape index (κ1) is 18.5. The molecule has 1 atom stereocenters. The van der Waals surface area contributed by atoms with Crippen LogP contribution < -0.4 is 10.2 Å². The molecule has 1 aromatic rings. The van der Waals surface area contributed by atoms with Gasteiger partial charge in [0.25, 0.3) is 5.91 Å². The van der Waals surface area contributed by atoms with Crippen molar-refractivity contribution in [2.24, 2.45) is 5.92 Å². The fourth-order valence-electron chi connectivity index (χ4n) is 2.39. The van der Waals surface area contributed by atoms with Crippen molar-refractivity contribution in [3.05, 3.63) is 35.4 Å². The Hall–Kier alpha value is -2.81. The molecule has 1 N–H and O–H groups in total. The van der Waals surface area contributed by atoms with Crippen molar-refractivity contribution in [3.63, 3.8) is 0 Å². The van der Waals surface area contributed by atoms with E-state index in [0.29, 0.717) is 11.5 Å². The Morgan fingerprint density at radius 1 is 1.36 bits per heavy atom. The van der Waals surface area contributed by atoms with Crippen LogP contribution in [0, 0.1) is 17.2 Å². The van der Waals surface area contributed by atoms with Gasteiger partial charge in [-0.3, -0.25) is 4.79 Å². The molecule has 132 valence electrons. The van der Waals surface area contributed by atoms with Crippen molar-refractivity contribution < 1.29 is 14.3 Å². The van der Waals surface area contributed by atoms with Crippen molar-refractivity contribution in [2.45, 2.75) is 25.8 Å². The molecule has 1 fully saturated rings. The Morgan fingerprint density at radius 3 is 2.52 bits per heavy atom. The van der Waals surface area contributed by atoms with Gasteiger partial charge in [0.1, 0.15) is 11.6 Å². The van der Waals surface area contributed by atoms with Crippen molar-refractivity contribution in [3.8, 4) is 6.07 Å². The SMILES string of the molecule is C[C@H](NC(=O)COC(=O)/C(C#N)=C/c1ccc(N(C)C)cc1)C1CC1. The van der Waals surface area contributed by atoms with Gasteiger partial charge in [-0.25, -0.2) is 4.79 Å². The largest absolute Gasteiger partial charge is 0.451 e. The van der Waals surface area contributed by atoms with E-state index in [2.05, 4.69) is 5.32 Å². The standard InChI is InChI=1S/C19H23N3O3/c1-13(15-6-7-15)21-18(23)12-25-19(24)16(11-20)10-14-4-8-17(9-5-14)22(2)3/h4-5,8-10,13,15H,6-7,12H2,1-3H3,(H,21,23)/b16-10+/t13-/m0/s1. The number of esters is 1. The van der Waals surface area contributed by atoms with Crippen LogP contribution in [0.5, 0.6) is 0 Å². The molecule has 1 aromatic carbocycles. The molecule has 1 aliphatic rings. The number of carbonyl (C=O) groups is 2. The van der Waals surface area contributed by atoms with Crippen LogP contribution in [0.4, 0.5) is 5.69 Å². The molecule has 25 heavy (non-hydrogen) atoms. The number of hydrogen-bond acceptors (Lipinski definition) is 5. The molecule has 1 saturated carbocycles. The van der Waals surface area contributed by atoms with Crippen molar-refractivity contribution in [1.29, 1.82) is 5.26 Å². The van der Waals surface area contributed by atoms with Crippen LogP contribution in [-0.2, 0) is 14.3 Å². The molecular weight excluding hydrogens is 318 g/mol. The summed E-state index contributed by atoms with van der Waals surface area (Å²) in [7, 11) is 3.86. The number of benzene rings is 1. The normalized spacial score (nSPS) is 15.0. The van der Waals surface area contributed by atoms with Gasteiger partial charge in [0.2, 0.25) is 0 Å². The summed E-state index contributed by atoms with van der Waals surface area (Å²) >= 11 is 0. The minimum absolute atomic E-state index is 0.0902. The lowest BCUT2D eigenvalue weighted by atomic mass is 10.1. The van der Waals surface area contributed by atoms with E-state index in [0.717, 1.165) is 18.5 Å². The highest BCUT2D eigenvalue weighted by atomic mass is 16.5. The first-order chi connectivity index (χ1) is 11.9. The Morgan fingerprint density at radius 2 is 2.00 bits per heavy atom. The number of hydrogen-bond donors (Lipinski definition) is 1. The van der Waals surface area contributed by atoms with Gasteiger partial charge in [0.15, 0.2) is 6.61 Å². The molecule has 0 radical (unpaired) electrons. The molecule has 0 unspecified atom stereocenters. The van der Waals surface area contributed by atoms with Gasteiger partial charge < -0.3 is 15.0 Å². The third-order valence-electron chi connectivity index (χ3n) is 4.11. The predicted octanol–water partition coefficient (Wildman–Crippen LogP) is 2.12. The van der Waals surface area contributed by atoms with E-state index in [-0.39, 0.29) is 24.1 Å². The predicted molar refractivity (Wildman–Crippen MR) is 95.6 cm³/mol. The van der Waals surface area contributed by atoms with E-state index in [9.17, 15) is 9.59 Å². The molecule has 1 amide bonds. The number of amides is 1. The average molecular weight is 341 g/mol. The number of nitrogens with one attached hydrogen (secondary N) is 1. The van der Waals surface area contributed by atoms with E-state index < -0.39 is 5.97 Å². The first-order valence-electron chi connectivity index (χ1n) is 8.26. The Labute approximate surface area is 148 Å². The van der Waals surface area contributed by atoms with Crippen LogP contribution in [-0.4, -0.2) is 38.6 Å². The molecular formula is C19H23N3O3. The maximum Gasteiger partial charge on any atom is 0.349 e. The van der Waals surface area contributed by atoms with E-state index in [1.165, 1.54) is 6.08 Å². The zero-order valence-corrected chi connectivity index (χ0v) is 14.8. The number of rotatable bonds is 7. The lowest BCUT2D eigenvalue weighted by Gasteiger charge is -2.12. The molecule has 6 nitrogen and oxygen atoms in total. The molecule has 0 bridgehead atoms. The third-order valence-corrected chi connectivity index (χ3v) is 4.11. The number of nitrogens with zero attached hydrogens (tertiary/aromatic N) is 2. The van der Waals surface area contributed by atoms with Gasteiger partial charge >= 0.3 is 5.97 Å². The maximum atomic E-state index is 12.0. The fourth-order valence-corrected chi connectivity index (χ4v) is 2.39. The molecule has 0 heterocycles. The van der Waals surface area contributed by atoms with Gasteiger partial charge in [0, 0.05) is 25.8 Å². The van der Waals surface area contributed by atoms with E-state index in [4.69, 9.17) is 10.00 Å². The van der Waals surface area contributed by atoms with Gasteiger partial charge in [-0.1, -0.05) is 12.1 Å². The Kier molecular flexibility index (Phi) is 6.18. The first-order valence-corrected chi connectivity index (χ1v) is 8.26. The highest BCUT2D eigenvalue weighted by Crippen LogP contribution is 2.32. The van der Waals surface area contributed by atoms with Crippen LogP contribution in [0.1, 0.15) is 25.3 Å². The molecule has 2 rings (SSSR count). The van der Waals surface area contributed by atoms with Crippen LogP contribution in [0.2, 0.25) is 0 Å². The summed E-state index contributed by atoms with van der Waals surface area (Å²) in [5.74, 6) is -0.617. The minimum Gasteiger partial charge on any atom is -0.451 e. The summed E-state index contributed by atoms with van der Waals surface area (Å²) in [6.45, 7) is 1.56. The van der Waals surface area contributed by atoms with Crippen LogP contribution in [0.15, 0.2) is 29.8 Å². The Balaban J connectivity index is 1.91. The topological polar surface area (TPSA) is 82.4 Å². The van der Waals surface area contributed by atoms with Gasteiger partial charge in [-0.2, -0.15) is 5.26 Å². The second-order valence-electron chi connectivity index (χ2n) is 6.43. The lowest BCUT2D eigenvalue weighted by molar-refractivity contribution is -0.144. The number of carbonyl (C=O) groups excluding carboxylic acids is 2. The van der Waals surface area contributed by atoms with E-state index in [1.807, 2.05) is 56.3 Å². The van der Waals surface area contributed by atoms with E-state index in [1.54, 1.807) is 0 Å². The number of anilines is 1. The van der Waals surface area contributed by atoms with Gasteiger partial charge in [-0.15, -0.1) is 0 Å². The van der Waals surface area contributed by atoms with Crippen molar-refractivity contribution >= 4 is 23.6 Å². The Bertz CT molecular complexity index is 698. The summed E-state index contributed by atoms with van der Waals surface area (Å²) in [6.07, 6.45) is 3.69. The average Bonchev–Trinajstić information content (AvgIpc) is 3.43. The second kappa shape index (κ2) is 8.34. The van der Waals surface area contributed by atoms with Crippen LogP contribution in [0.3, 0.4) is 0 Å². The summed E-state index contributed by atoms with van der Waals surface area (Å²) in [4.78, 5) is 25.7. The minimum atomic E-state index is -0.798. The fraction of sp³-hybridized carbons (Fsp3) is 0.421. The van der Waals surface area contributed by atoms with Crippen molar-refractivity contribution in [1.82, 2.24) is 5.32 Å². The molecule has 0 aliphatic heterocycles. The zero-order chi connectivity index (χ0) is 18.4. The summed E-state index contributed by atoms with van der Waals surface area (Å²) < 4.78 is 4.94. The van der Waals surface area contributed by atoms with Crippen LogP contribution in [0.25, 0.3) is 6.08 Å². The lowest BCUT2D eigenvalue weighted by Crippen LogP contribution is -2.37. The molecule has 1 aliphatic carbocycles. The van der Waals surface area contributed by atoms with Crippen LogP contribution >= 0.6 is 0 Å². The number of nitriles is 1. The smallest absolute Gasteiger partial charge is 0.349 e. The summed E-state index contributed by atoms with van der Waals surface area (Å²) in [5.41, 5.74) is 1.59. The third kappa shape index (κ3) is 5.64. The molecule has 0 saturated heterocycles.